The molecule has 8 nitrogen and oxygen atoms in total. The van der Waals surface area contributed by atoms with Gasteiger partial charge in [-0.15, -0.1) is 0 Å². The number of nitrogens with zero attached hydrogens (tertiary/aromatic N) is 3. The minimum atomic E-state index is -4.11. The van der Waals surface area contributed by atoms with E-state index in [9.17, 15) is 18.5 Å². The Bertz CT molecular complexity index is 1300. The summed E-state index contributed by atoms with van der Waals surface area (Å²) in [5.41, 5.74) is 2.73. The summed E-state index contributed by atoms with van der Waals surface area (Å²) < 4.78 is 29.9. The zero-order chi connectivity index (χ0) is 20.4. The van der Waals surface area contributed by atoms with Crippen LogP contribution < -0.4 is 4.18 Å². The lowest BCUT2D eigenvalue weighted by molar-refractivity contribution is -0.384. The molecule has 0 unspecified atom stereocenters. The van der Waals surface area contributed by atoms with Crippen LogP contribution in [0.4, 0.5) is 5.69 Å². The van der Waals surface area contributed by atoms with Gasteiger partial charge in [0.25, 0.3) is 5.69 Å². The first-order chi connectivity index (χ1) is 13.9. The van der Waals surface area contributed by atoms with Crippen molar-refractivity contribution in [2.75, 3.05) is 0 Å². The molecule has 0 saturated heterocycles. The summed E-state index contributed by atoms with van der Waals surface area (Å²) in [5, 5.41) is 10.7. The predicted molar refractivity (Wildman–Crippen MR) is 106 cm³/mol. The average molecular weight is 407 g/mol. The Morgan fingerprint density at radius 1 is 0.862 bits per heavy atom. The van der Waals surface area contributed by atoms with Crippen LogP contribution in [0.15, 0.2) is 83.9 Å². The largest absolute Gasteiger partial charge is 0.379 e. The number of non-ortho nitro benzene ring substituents is 1. The standard InChI is InChI=1S/C20H13N3O5S/c24-23(25)15-7-11-17(12-8-15)29(26,27)28-16-9-5-14(6-10-16)20-13-21-18-3-1-2-4-19(18)22-20/h1-13H. The van der Waals surface area contributed by atoms with Crippen LogP contribution >= 0.6 is 0 Å². The summed E-state index contributed by atoms with van der Waals surface area (Å²) in [6.07, 6.45) is 1.64. The highest BCUT2D eigenvalue weighted by molar-refractivity contribution is 7.87. The summed E-state index contributed by atoms with van der Waals surface area (Å²) in [5.74, 6) is 0.112. The molecule has 1 heterocycles. The number of rotatable bonds is 5. The number of hydrogen-bond acceptors (Lipinski definition) is 7. The first-order valence-corrected chi connectivity index (χ1v) is 9.84. The Hall–Kier alpha value is -3.85. The van der Waals surface area contributed by atoms with Gasteiger partial charge >= 0.3 is 10.1 Å². The fourth-order valence-corrected chi connectivity index (χ4v) is 3.62. The van der Waals surface area contributed by atoms with Crippen LogP contribution in [0.25, 0.3) is 22.3 Å². The molecule has 0 fully saturated rings. The molecule has 0 amide bonds. The minimum absolute atomic E-state index is 0.112. The van der Waals surface area contributed by atoms with Gasteiger partial charge < -0.3 is 4.18 Å². The lowest BCUT2D eigenvalue weighted by Gasteiger charge is -2.08. The second-order valence-electron chi connectivity index (χ2n) is 6.06. The molecule has 0 aliphatic carbocycles. The molecular weight excluding hydrogens is 394 g/mol. The molecule has 0 radical (unpaired) electrons. The molecule has 0 aliphatic heterocycles. The van der Waals surface area contributed by atoms with Crippen molar-refractivity contribution < 1.29 is 17.5 Å². The van der Waals surface area contributed by atoms with Crippen molar-refractivity contribution in [3.05, 3.63) is 89.1 Å². The van der Waals surface area contributed by atoms with Crippen LogP contribution in [0.2, 0.25) is 0 Å². The van der Waals surface area contributed by atoms with Gasteiger partial charge in [0.2, 0.25) is 0 Å². The first kappa shape index (κ1) is 18.5. The topological polar surface area (TPSA) is 112 Å². The SMILES string of the molecule is O=[N+]([O-])c1ccc(S(=O)(=O)Oc2ccc(-c3cnc4ccccc4n3)cc2)cc1. The second-order valence-corrected chi connectivity index (χ2v) is 7.60. The van der Waals surface area contributed by atoms with Gasteiger partial charge in [-0.25, -0.2) is 4.98 Å². The highest BCUT2D eigenvalue weighted by Crippen LogP contribution is 2.25. The number of fused-ring (bicyclic) bond motifs is 1. The van der Waals surface area contributed by atoms with Crippen LogP contribution in [0.1, 0.15) is 0 Å². The van der Waals surface area contributed by atoms with E-state index in [2.05, 4.69) is 9.97 Å². The first-order valence-electron chi connectivity index (χ1n) is 8.43. The van der Waals surface area contributed by atoms with Crippen LogP contribution in [0, 0.1) is 10.1 Å². The maximum Gasteiger partial charge on any atom is 0.339 e. The van der Waals surface area contributed by atoms with Gasteiger partial charge in [0.05, 0.1) is 27.8 Å². The van der Waals surface area contributed by atoms with E-state index in [0.717, 1.165) is 40.9 Å². The Labute approximate surface area is 165 Å². The highest BCUT2D eigenvalue weighted by atomic mass is 32.2. The van der Waals surface area contributed by atoms with Crippen molar-refractivity contribution in [3.63, 3.8) is 0 Å². The van der Waals surface area contributed by atoms with Crippen LogP contribution in [0.3, 0.4) is 0 Å². The number of hydrogen-bond donors (Lipinski definition) is 0. The fourth-order valence-electron chi connectivity index (χ4n) is 2.69. The summed E-state index contributed by atoms with van der Waals surface area (Å²) in [7, 11) is -4.11. The van der Waals surface area contributed by atoms with Crippen LogP contribution in [-0.4, -0.2) is 23.3 Å². The van der Waals surface area contributed by atoms with E-state index >= 15 is 0 Å². The summed E-state index contributed by atoms with van der Waals surface area (Å²) in [6.45, 7) is 0. The van der Waals surface area contributed by atoms with E-state index < -0.39 is 15.0 Å². The summed E-state index contributed by atoms with van der Waals surface area (Å²) in [6, 6.07) is 18.3. The number of benzene rings is 3. The lowest BCUT2D eigenvalue weighted by Crippen LogP contribution is -2.09. The Balaban J connectivity index is 1.56. The third-order valence-corrected chi connectivity index (χ3v) is 5.40. The maximum atomic E-state index is 12.4. The van der Waals surface area contributed by atoms with Crippen molar-refractivity contribution in [2.24, 2.45) is 0 Å². The monoisotopic (exact) mass is 407 g/mol. The third-order valence-electron chi connectivity index (χ3n) is 4.14. The summed E-state index contributed by atoms with van der Waals surface area (Å²) >= 11 is 0. The molecule has 144 valence electrons. The van der Waals surface area contributed by atoms with Crippen molar-refractivity contribution in [1.29, 1.82) is 0 Å². The zero-order valence-corrected chi connectivity index (χ0v) is 15.6. The third kappa shape index (κ3) is 3.90. The lowest BCUT2D eigenvalue weighted by atomic mass is 10.1. The van der Waals surface area contributed by atoms with E-state index in [1.54, 1.807) is 18.3 Å². The molecule has 0 bridgehead atoms. The zero-order valence-electron chi connectivity index (χ0n) is 14.8. The smallest absolute Gasteiger partial charge is 0.339 e. The van der Waals surface area contributed by atoms with E-state index in [0.29, 0.717) is 5.69 Å². The molecule has 0 atom stereocenters. The Morgan fingerprint density at radius 2 is 1.52 bits per heavy atom. The number of aromatic nitrogens is 2. The molecule has 0 aliphatic rings. The van der Waals surface area contributed by atoms with E-state index in [1.165, 1.54) is 12.1 Å². The molecule has 1 aromatic heterocycles. The normalized spacial score (nSPS) is 11.3. The van der Waals surface area contributed by atoms with Crippen molar-refractivity contribution in [1.82, 2.24) is 9.97 Å². The number of nitro benzene ring substituents is 1. The van der Waals surface area contributed by atoms with Crippen LogP contribution in [-0.2, 0) is 10.1 Å². The molecule has 0 saturated carbocycles. The molecule has 9 heteroatoms. The molecule has 0 N–H and O–H groups in total. The van der Waals surface area contributed by atoms with E-state index in [4.69, 9.17) is 4.18 Å². The van der Waals surface area contributed by atoms with Crippen LogP contribution in [0.5, 0.6) is 5.75 Å². The van der Waals surface area contributed by atoms with Gasteiger partial charge in [0, 0.05) is 17.7 Å². The second kappa shape index (κ2) is 7.28. The van der Waals surface area contributed by atoms with Gasteiger partial charge in [-0.1, -0.05) is 12.1 Å². The maximum absolute atomic E-state index is 12.4. The van der Waals surface area contributed by atoms with Crippen molar-refractivity contribution in [2.45, 2.75) is 4.90 Å². The molecule has 4 aromatic rings. The molecular formula is C20H13N3O5S. The van der Waals surface area contributed by atoms with Gasteiger partial charge in [0.15, 0.2) is 0 Å². The molecule has 4 rings (SSSR count). The van der Waals surface area contributed by atoms with Crippen molar-refractivity contribution in [3.8, 4) is 17.0 Å². The quantitative estimate of drug-likeness (QED) is 0.279. The van der Waals surface area contributed by atoms with Gasteiger partial charge in [-0.05, 0) is 48.5 Å². The number of nitro groups is 1. The van der Waals surface area contributed by atoms with Gasteiger partial charge in [-0.3, -0.25) is 15.1 Å². The highest BCUT2D eigenvalue weighted by Gasteiger charge is 2.18. The molecule has 0 spiro atoms. The molecule has 29 heavy (non-hydrogen) atoms. The Kier molecular flexibility index (Phi) is 4.65. The molecule has 3 aromatic carbocycles. The van der Waals surface area contributed by atoms with Gasteiger partial charge in [-0.2, -0.15) is 8.42 Å². The predicted octanol–water partition coefficient (Wildman–Crippen LogP) is 3.97. The van der Waals surface area contributed by atoms with E-state index in [1.807, 2.05) is 24.3 Å². The van der Waals surface area contributed by atoms with E-state index in [-0.39, 0.29) is 16.3 Å². The number of para-hydroxylation sites is 2. The van der Waals surface area contributed by atoms with Gasteiger partial charge in [0.1, 0.15) is 10.6 Å². The fraction of sp³-hybridized carbons (Fsp3) is 0. The Morgan fingerprint density at radius 3 is 2.17 bits per heavy atom. The average Bonchev–Trinajstić information content (AvgIpc) is 2.74. The minimum Gasteiger partial charge on any atom is -0.379 e. The summed E-state index contributed by atoms with van der Waals surface area (Å²) in [4.78, 5) is 18.8. The van der Waals surface area contributed by atoms with Crippen molar-refractivity contribution >= 4 is 26.8 Å².